The molecule has 0 aromatic heterocycles. The molecule has 0 bridgehead atoms. The van der Waals surface area contributed by atoms with Gasteiger partial charge in [-0.05, 0) is 13.0 Å². The van der Waals surface area contributed by atoms with Crippen LogP contribution in [0.2, 0.25) is 0 Å². The van der Waals surface area contributed by atoms with Gasteiger partial charge in [-0.15, -0.1) is 6.58 Å². The summed E-state index contributed by atoms with van der Waals surface area (Å²) < 4.78 is 0. The first-order chi connectivity index (χ1) is 9.02. The molecule has 1 rings (SSSR count). The number of benzene rings is 1. The fraction of sp³-hybridized carbons (Fsp3) is 0.308. The Morgan fingerprint density at radius 1 is 1.58 bits per heavy atom. The van der Waals surface area contributed by atoms with Gasteiger partial charge in [0, 0.05) is 18.7 Å². The van der Waals surface area contributed by atoms with Crippen LogP contribution < -0.4 is 0 Å². The maximum atomic E-state index is 12.3. The Morgan fingerprint density at radius 3 is 2.79 bits per heavy atom. The Bertz CT molecular complexity index is 499. The van der Waals surface area contributed by atoms with Gasteiger partial charge in [-0.2, -0.15) is 0 Å². The third-order valence-corrected chi connectivity index (χ3v) is 2.66. The molecule has 0 saturated carbocycles. The molecule has 1 aromatic rings. The largest absolute Gasteiger partial charge is 0.395 e. The summed E-state index contributed by atoms with van der Waals surface area (Å²) in [5.74, 6) is -0.482. The SMILES string of the molecule is C=CCN(CCO)C(=O)c1cccc(C)c1[N+](=O)[O-]. The van der Waals surface area contributed by atoms with Crippen molar-refractivity contribution in [2.24, 2.45) is 0 Å². The molecule has 0 atom stereocenters. The number of carbonyl (C=O) groups excluding carboxylic acids is 1. The van der Waals surface area contributed by atoms with Crippen molar-refractivity contribution in [3.63, 3.8) is 0 Å². The lowest BCUT2D eigenvalue weighted by Gasteiger charge is -2.20. The molecule has 1 aromatic carbocycles. The summed E-state index contributed by atoms with van der Waals surface area (Å²) in [6.07, 6.45) is 1.51. The zero-order valence-corrected chi connectivity index (χ0v) is 10.7. The number of nitrogens with zero attached hydrogens (tertiary/aromatic N) is 2. The quantitative estimate of drug-likeness (QED) is 0.479. The van der Waals surface area contributed by atoms with E-state index in [1.54, 1.807) is 19.1 Å². The minimum Gasteiger partial charge on any atom is -0.395 e. The van der Waals surface area contributed by atoms with Gasteiger partial charge in [0.2, 0.25) is 0 Å². The number of para-hydroxylation sites is 1. The molecular formula is C13H16N2O4. The molecule has 0 radical (unpaired) electrons. The zero-order valence-electron chi connectivity index (χ0n) is 10.7. The normalized spacial score (nSPS) is 10.0. The van der Waals surface area contributed by atoms with Crippen LogP contribution in [-0.4, -0.2) is 40.5 Å². The van der Waals surface area contributed by atoms with Crippen LogP contribution in [0, 0.1) is 17.0 Å². The first-order valence-corrected chi connectivity index (χ1v) is 5.78. The van der Waals surface area contributed by atoms with E-state index in [1.165, 1.54) is 17.0 Å². The van der Waals surface area contributed by atoms with Crippen LogP contribution in [0.5, 0.6) is 0 Å². The Balaban J connectivity index is 3.20. The molecular weight excluding hydrogens is 248 g/mol. The van der Waals surface area contributed by atoms with Crippen molar-refractivity contribution in [2.75, 3.05) is 19.7 Å². The second-order valence-corrected chi connectivity index (χ2v) is 3.99. The molecule has 0 heterocycles. The first kappa shape index (κ1) is 14.8. The van der Waals surface area contributed by atoms with Crippen LogP contribution in [0.25, 0.3) is 0 Å². The molecule has 0 spiro atoms. The number of carbonyl (C=O) groups is 1. The summed E-state index contributed by atoms with van der Waals surface area (Å²) in [7, 11) is 0. The number of nitro benzene ring substituents is 1. The van der Waals surface area contributed by atoms with Gasteiger partial charge in [-0.1, -0.05) is 18.2 Å². The predicted molar refractivity (Wildman–Crippen MR) is 71.0 cm³/mol. The lowest BCUT2D eigenvalue weighted by molar-refractivity contribution is -0.385. The summed E-state index contributed by atoms with van der Waals surface area (Å²) in [5.41, 5.74) is 0.262. The second kappa shape index (κ2) is 6.65. The third-order valence-electron chi connectivity index (χ3n) is 2.66. The highest BCUT2D eigenvalue weighted by Crippen LogP contribution is 2.24. The second-order valence-electron chi connectivity index (χ2n) is 3.99. The van der Waals surface area contributed by atoms with Gasteiger partial charge < -0.3 is 10.0 Å². The third kappa shape index (κ3) is 3.38. The van der Waals surface area contributed by atoms with Crippen molar-refractivity contribution in [1.82, 2.24) is 4.90 Å². The Labute approximate surface area is 111 Å². The number of aliphatic hydroxyl groups excluding tert-OH is 1. The van der Waals surface area contributed by atoms with Crippen molar-refractivity contribution in [3.8, 4) is 0 Å². The van der Waals surface area contributed by atoms with Gasteiger partial charge >= 0.3 is 0 Å². The average molecular weight is 264 g/mol. The van der Waals surface area contributed by atoms with Crippen molar-refractivity contribution >= 4 is 11.6 Å². The number of aryl methyl sites for hydroxylation is 1. The van der Waals surface area contributed by atoms with Gasteiger partial charge in [0.25, 0.3) is 11.6 Å². The number of nitro groups is 1. The maximum Gasteiger partial charge on any atom is 0.285 e. The van der Waals surface area contributed by atoms with E-state index in [4.69, 9.17) is 5.11 Å². The lowest BCUT2D eigenvalue weighted by atomic mass is 10.1. The van der Waals surface area contributed by atoms with Crippen molar-refractivity contribution < 1.29 is 14.8 Å². The van der Waals surface area contributed by atoms with Gasteiger partial charge in [0.1, 0.15) is 5.56 Å². The zero-order chi connectivity index (χ0) is 14.4. The summed E-state index contributed by atoms with van der Waals surface area (Å²) >= 11 is 0. The minimum absolute atomic E-state index is 0.0281. The van der Waals surface area contributed by atoms with Crippen LogP contribution >= 0.6 is 0 Å². The molecule has 102 valence electrons. The monoisotopic (exact) mass is 264 g/mol. The molecule has 1 N–H and O–H groups in total. The number of hydrogen-bond acceptors (Lipinski definition) is 4. The van der Waals surface area contributed by atoms with Gasteiger partial charge in [-0.25, -0.2) is 0 Å². The van der Waals surface area contributed by atoms with Crippen LogP contribution in [0.4, 0.5) is 5.69 Å². The highest BCUT2D eigenvalue weighted by atomic mass is 16.6. The van der Waals surface area contributed by atoms with Crippen molar-refractivity contribution in [3.05, 3.63) is 52.1 Å². The van der Waals surface area contributed by atoms with E-state index >= 15 is 0 Å². The van der Waals surface area contributed by atoms with Gasteiger partial charge in [-0.3, -0.25) is 14.9 Å². The van der Waals surface area contributed by atoms with Gasteiger partial charge in [0.05, 0.1) is 11.5 Å². The van der Waals surface area contributed by atoms with E-state index in [0.29, 0.717) is 5.56 Å². The van der Waals surface area contributed by atoms with Crippen LogP contribution in [-0.2, 0) is 0 Å². The van der Waals surface area contributed by atoms with E-state index in [-0.39, 0.29) is 30.9 Å². The molecule has 1 amide bonds. The maximum absolute atomic E-state index is 12.3. The van der Waals surface area contributed by atoms with E-state index in [2.05, 4.69) is 6.58 Å². The molecule has 6 nitrogen and oxygen atoms in total. The van der Waals surface area contributed by atoms with Crippen molar-refractivity contribution in [2.45, 2.75) is 6.92 Å². The molecule has 0 unspecified atom stereocenters. The molecule has 0 fully saturated rings. The smallest absolute Gasteiger partial charge is 0.285 e. The Hall–Kier alpha value is -2.21. The van der Waals surface area contributed by atoms with Gasteiger partial charge in [0.15, 0.2) is 0 Å². The predicted octanol–water partition coefficient (Wildman–Crippen LogP) is 1.52. The number of aliphatic hydroxyl groups is 1. The Morgan fingerprint density at radius 2 is 2.26 bits per heavy atom. The average Bonchev–Trinajstić information content (AvgIpc) is 2.37. The number of hydrogen-bond donors (Lipinski definition) is 1. The summed E-state index contributed by atoms with van der Waals surface area (Å²) in [6, 6.07) is 4.60. The fourth-order valence-corrected chi connectivity index (χ4v) is 1.80. The summed E-state index contributed by atoms with van der Waals surface area (Å²) in [6.45, 7) is 5.23. The first-order valence-electron chi connectivity index (χ1n) is 5.78. The number of rotatable bonds is 6. The molecule has 0 aliphatic heterocycles. The van der Waals surface area contributed by atoms with Crippen LogP contribution in [0.3, 0.4) is 0 Å². The van der Waals surface area contributed by atoms with E-state index in [0.717, 1.165) is 0 Å². The molecule has 19 heavy (non-hydrogen) atoms. The summed E-state index contributed by atoms with van der Waals surface area (Å²) in [5, 5.41) is 20.0. The van der Waals surface area contributed by atoms with Crippen LogP contribution in [0.1, 0.15) is 15.9 Å². The Kier molecular flexibility index (Phi) is 5.20. The fourth-order valence-electron chi connectivity index (χ4n) is 1.80. The highest BCUT2D eigenvalue weighted by Gasteiger charge is 2.25. The molecule has 0 aliphatic rings. The topological polar surface area (TPSA) is 83.7 Å². The lowest BCUT2D eigenvalue weighted by Crippen LogP contribution is -2.34. The summed E-state index contributed by atoms with van der Waals surface area (Å²) in [4.78, 5) is 24.1. The number of amides is 1. The van der Waals surface area contributed by atoms with Crippen molar-refractivity contribution in [1.29, 1.82) is 0 Å². The molecule has 0 aliphatic carbocycles. The van der Waals surface area contributed by atoms with E-state index < -0.39 is 10.8 Å². The standard InChI is InChI=1S/C13H16N2O4/c1-3-7-14(8-9-16)13(17)11-6-4-5-10(2)12(11)15(18)19/h3-6,16H,1,7-9H2,2H3. The van der Waals surface area contributed by atoms with E-state index in [9.17, 15) is 14.9 Å². The van der Waals surface area contributed by atoms with E-state index in [1.807, 2.05) is 0 Å². The molecule has 0 saturated heterocycles. The highest BCUT2D eigenvalue weighted by molar-refractivity contribution is 5.98. The minimum atomic E-state index is -0.562. The molecule has 6 heteroatoms. The van der Waals surface area contributed by atoms with Crippen LogP contribution in [0.15, 0.2) is 30.9 Å².